The lowest BCUT2D eigenvalue weighted by Gasteiger charge is -2.42. The maximum atomic E-state index is 14.1. The second kappa shape index (κ2) is 16.8. The predicted octanol–water partition coefficient (Wildman–Crippen LogP) is 4.61. The number of anilines is 1. The van der Waals surface area contributed by atoms with Gasteiger partial charge in [-0.3, -0.25) is 14.9 Å². The van der Waals surface area contributed by atoms with Gasteiger partial charge in [0.1, 0.15) is 40.7 Å². The number of carbonyl (C=O) groups excluding carboxylic acids is 4. The van der Waals surface area contributed by atoms with Gasteiger partial charge in [-0.2, -0.15) is 12.6 Å². The number of alkyl carbamates (subject to hydrolysis) is 1. The molecule has 4 rings (SSSR count). The van der Waals surface area contributed by atoms with Crippen LogP contribution in [-0.4, -0.2) is 109 Å². The van der Waals surface area contributed by atoms with Crippen LogP contribution in [0, 0.1) is 5.92 Å². The van der Waals surface area contributed by atoms with E-state index in [4.69, 9.17) is 35.3 Å². The van der Waals surface area contributed by atoms with Crippen molar-refractivity contribution in [1.82, 2.24) is 10.2 Å². The summed E-state index contributed by atoms with van der Waals surface area (Å²) in [6.45, 7) is 8.88. The molecule has 0 radical (unpaired) electrons. The number of esters is 1. The summed E-state index contributed by atoms with van der Waals surface area (Å²) >= 11 is 11.1. The fraction of sp³-hybridized carbons (Fsp3) is 0.622. The topological polar surface area (TPSA) is 156 Å². The molecule has 2 saturated heterocycles. The van der Waals surface area contributed by atoms with Gasteiger partial charge in [0.05, 0.1) is 25.3 Å². The fourth-order valence-corrected chi connectivity index (χ4v) is 7.17. The number of halogens is 1. The number of hydrogen-bond acceptors (Lipinski definition) is 11. The monoisotopic (exact) mass is 765 g/mol. The molecule has 13 nitrogen and oxygen atoms in total. The Morgan fingerprint density at radius 2 is 1.94 bits per heavy atom. The van der Waals surface area contributed by atoms with Crippen LogP contribution < -0.4 is 15.0 Å². The van der Waals surface area contributed by atoms with E-state index in [0.717, 1.165) is 11.1 Å². The smallest absolute Gasteiger partial charge is 0.409 e. The number of likely N-dealkylation sites (N-methyl/N-ethyl adjacent to an activating group) is 1. The number of nitrogens with zero attached hydrogens (tertiary/aromatic N) is 2. The van der Waals surface area contributed by atoms with Crippen LogP contribution in [0.25, 0.3) is 0 Å². The average molecular weight is 766 g/mol. The lowest BCUT2D eigenvalue weighted by molar-refractivity contribution is -0.162. The zero-order valence-electron chi connectivity index (χ0n) is 31.3. The van der Waals surface area contributed by atoms with Crippen LogP contribution in [0.2, 0.25) is 5.02 Å². The van der Waals surface area contributed by atoms with Gasteiger partial charge in [-0.1, -0.05) is 49.2 Å². The lowest BCUT2D eigenvalue weighted by Crippen LogP contribution is -2.63. The molecule has 3 amide bonds. The normalized spacial score (nSPS) is 32.2. The number of nitrogens with one attached hydrogen (secondary N) is 1. The molecule has 0 spiro atoms. The Morgan fingerprint density at radius 3 is 2.58 bits per heavy atom. The zero-order chi connectivity index (χ0) is 38.7. The van der Waals surface area contributed by atoms with Crippen molar-refractivity contribution in [3.05, 3.63) is 46.5 Å². The lowest BCUT2D eigenvalue weighted by atomic mass is 9.83. The number of hydrogen-bond donors (Lipinski definition) is 3. The number of benzene rings is 1. The van der Waals surface area contributed by atoms with E-state index < -0.39 is 65.7 Å². The van der Waals surface area contributed by atoms with Crippen molar-refractivity contribution in [3.8, 4) is 5.75 Å². The molecule has 9 unspecified atom stereocenters. The maximum absolute atomic E-state index is 14.1. The van der Waals surface area contributed by atoms with Gasteiger partial charge in [-0.25, -0.2) is 9.59 Å². The number of allylic oxidation sites excluding steroid dienone is 3. The molecular weight excluding hydrogens is 714 g/mol. The molecule has 288 valence electrons. The Balaban J connectivity index is 1.75. The maximum Gasteiger partial charge on any atom is 0.409 e. The largest absolute Gasteiger partial charge is 0.495 e. The molecule has 3 aliphatic rings. The third kappa shape index (κ3) is 9.25. The third-order valence-corrected chi connectivity index (χ3v) is 10.9. The minimum Gasteiger partial charge on any atom is -0.495 e. The van der Waals surface area contributed by atoms with Crippen molar-refractivity contribution >= 4 is 53.8 Å². The summed E-state index contributed by atoms with van der Waals surface area (Å²) in [5.41, 5.74) is -0.906. The summed E-state index contributed by atoms with van der Waals surface area (Å²) in [5.74, 6) is -1.56. The molecule has 1 aromatic carbocycles. The first-order valence-electron chi connectivity index (χ1n) is 17.4. The van der Waals surface area contributed by atoms with Gasteiger partial charge in [-0.05, 0) is 56.6 Å². The van der Waals surface area contributed by atoms with Crippen LogP contribution in [0.5, 0.6) is 5.75 Å². The quantitative estimate of drug-likeness (QED) is 0.194. The molecule has 3 aliphatic heterocycles. The molecule has 52 heavy (non-hydrogen) atoms. The van der Waals surface area contributed by atoms with Crippen LogP contribution in [0.15, 0.2) is 35.9 Å². The first kappa shape index (κ1) is 41.5. The van der Waals surface area contributed by atoms with E-state index >= 15 is 0 Å². The van der Waals surface area contributed by atoms with Gasteiger partial charge >= 0.3 is 12.1 Å². The summed E-state index contributed by atoms with van der Waals surface area (Å²) in [6.07, 6.45) is 1.69. The SMILES string of the molecule is COc1cc2cc(c1Cl)N(C)C(=O)CC(OC(=O)C(C)N(C)C(=O)CCC(C)S)C1(C)OC1C(C)C1CC(O)(NC(=O)O1)C(OC)/C=C\C=C(\C)C2. The van der Waals surface area contributed by atoms with Gasteiger partial charge in [0.15, 0.2) is 5.72 Å². The molecule has 3 heterocycles. The standard InChI is InChI=1S/C37H52ClN3O10S/c1-20-11-10-12-28(48-9)37(46)19-27(49-35(45)39-37)22(3)33-36(5,51-33)29(50-34(44)23(4)40(6)30(42)14-13-21(2)52)18-31(43)41(7)25-16-24(15-20)17-26(47-8)32(25)38/h10-12,16-17,21-23,27-29,33,46,52H,13-15,18-19H2,1-9H3,(H,39,45)/b12-10-,20-11-. The first-order chi connectivity index (χ1) is 24.3. The van der Waals surface area contributed by atoms with Crippen LogP contribution in [-0.2, 0) is 39.8 Å². The van der Waals surface area contributed by atoms with Gasteiger partial charge in [0.2, 0.25) is 11.8 Å². The van der Waals surface area contributed by atoms with Crippen LogP contribution in [0.3, 0.4) is 0 Å². The van der Waals surface area contributed by atoms with E-state index in [2.05, 4.69) is 17.9 Å². The van der Waals surface area contributed by atoms with Crippen LogP contribution in [0.4, 0.5) is 10.5 Å². The number of fused-ring (bicyclic) bond motifs is 5. The van der Waals surface area contributed by atoms with E-state index in [1.165, 1.54) is 31.1 Å². The summed E-state index contributed by atoms with van der Waals surface area (Å²) in [5, 5.41) is 14.5. The minimum atomic E-state index is -1.82. The van der Waals surface area contributed by atoms with Crippen molar-refractivity contribution in [2.24, 2.45) is 5.92 Å². The number of methoxy groups -OCH3 is 2. The summed E-state index contributed by atoms with van der Waals surface area (Å²) in [4.78, 5) is 56.2. The van der Waals surface area contributed by atoms with E-state index in [1.54, 1.807) is 52.1 Å². The highest BCUT2D eigenvalue weighted by Gasteiger charge is 2.64. The summed E-state index contributed by atoms with van der Waals surface area (Å²) in [6, 6.07) is 2.61. The fourth-order valence-electron chi connectivity index (χ4n) is 6.73. The highest BCUT2D eigenvalue weighted by molar-refractivity contribution is 7.80. The number of amides is 3. The molecular formula is C37H52ClN3O10S. The van der Waals surface area contributed by atoms with Crippen molar-refractivity contribution in [2.75, 3.05) is 33.2 Å². The highest BCUT2D eigenvalue weighted by atomic mass is 35.5. The van der Waals surface area contributed by atoms with Crippen molar-refractivity contribution in [1.29, 1.82) is 0 Å². The van der Waals surface area contributed by atoms with Crippen molar-refractivity contribution in [3.63, 3.8) is 0 Å². The molecule has 2 fully saturated rings. The van der Waals surface area contributed by atoms with Crippen molar-refractivity contribution in [2.45, 2.75) is 114 Å². The number of thiol groups is 1. The summed E-state index contributed by atoms with van der Waals surface area (Å²) in [7, 11) is 6.02. The second-order valence-electron chi connectivity index (χ2n) is 14.3. The molecule has 2 N–H and O–H groups in total. The molecule has 1 aromatic rings. The second-order valence-corrected chi connectivity index (χ2v) is 15.6. The van der Waals surface area contributed by atoms with Gasteiger partial charge in [0.25, 0.3) is 0 Å². The van der Waals surface area contributed by atoms with Gasteiger partial charge < -0.3 is 38.6 Å². The van der Waals surface area contributed by atoms with Crippen LogP contribution in [0.1, 0.15) is 65.9 Å². The number of epoxide rings is 1. The van der Waals surface area contributed by atoms with Crippen LogP contribution >= 0.6 is 24.2 Å². The number of ether oxygens (including phenoxy) is 5. The Bertz CT molecular complexity index is 1590. The van der Waals surface area contributed by atoms with Gasteiger partial charge in [0, 0.05) is 40.0 Å². The Morgan fingerprint density at radius 1 is 1.25 bits per heavy atom. The van der Waals surface area contributed by atoms with Gasteiger partial charge in [-0.15, -0.1) is 0 Å². The Hall–Kier alpha value is -3.30. The summed E-state index contributed by atoms with van der Waals surface area (Å²) < 4.78 is 29.2. The first-order valence-corrected chi connectivity index (χ1v) is 18.3. The molecule has 0 aromatic heterocycles. The molecule has 0 saturated carbocycles. The Kier molecular flexibility index (Phi) is 13.4. The zero-order valence-corrected chi connectivity index (χ0v) is 33.0. The number of carbonyl (C=O) groups is 4. The van der Waals surface area contributed by atoms with Crippen molar-refractivity contribution < 1.29 is 48.0 Å². The third-order valence-electron chi connectivity index (χ3n) is 10.3. The minimum absolute atomic E-state index is 0.00636. The molecule has 4 bridgehead atoms. The van der Waals surface area contributed by atoms with E-state index in [9.17, 15) is 24.3 Å². The van der Waals surface area contributed by atoms with E-state index in [0.29, 0.717) is 24.3 Å². The van der Waals surface area contributed by atoms with E-state index in [-0.39, 0.29) is 35.4 Å². The molecule has 15 heteroatoms. The average Bonchev–Trinajstić information content (AvgIpc) is 3.79. The predicted molar refractivity (Wildman–Crippen MR) is 199 cm³/mol. The number of rotatable bonds is 8. The highest BCUT2D eigenvalue weighted by Crippen LogP contribution is 2.49. The number of aliphatic hydroxyl groups is 1. The Labute approximate surface area is 316 Å². The van der Waals surface area contributed by atoms with E-state index in [1.807, 2.05) is 19.9 Å². The molecule has 9 atom stereocenters. The molecule has 0 aliphatic carbocycles.